The molecule has 1 aromatic heterocycles. The zero-order chi connectivity index (χ0) is 28.4. The summed E-state index contributed by atoms with van der Waals surface area (Å²) in [6.07, 6.45) is 0.835. The number of hydrogen-bond acceptors (Lipinski definition) is 7. The van der Waals surface area contributed by atoms with E-state index in [-0.39, 0.29) is 11.3 Å². The van der Waals surface area contributed by atoms with E-state index in [0.717, 1.165) is 16.7 Å². The maximum Gasteiger partial charge on any atom is 0.301 e. The van der Waals surface area contributed by atoms with Gasteiger partial charge in [-0.15, -0.1) is 0 Å². The molecule has 0 aliphatic carbocycles. The van der Waals surface area contributed by atoms with Crippen LogP contribution in [0.3, 0.4) is 0 Å². The van der Waals surface area contributed by atoms with Gasteiger partial charge in [0.05, 0.1) is 35.0 Å². The molecule has 2 heterocycles. The molecule has 206 valence electrons. The van der Waals surface area contributed by atoms with Crippen molar-refractivity contribution in [3.8, 4) is 11.5 Å². The number of aliphatic hydroxyl groups excluding tert-OH is 1. The van der Waals surface area contributed by atoms with Crippen molar-refractivity contribution in [2.45, 2.75) is 46.1 Å². The number of carbonyl (C=O) groups excluding carboxylic acids is 2. The van der Waals surface area contributed by atoms with Crippen molar-refractivity contribution in [3.05, 3.63) is 89.0 Å². The lowest BCUT2D eigenvalue weighted by Gasteiger charge is -2.23. The fourth-order valence-corrected chi connectivity index (χ4v) is 5.79. The van der Waals surface area contributed by atoms with Crippen molar-refractivity contribution in [2.24, 2.45) is 0 Å². The van der Waals surface area contributed by atoms with E-state index in [1.54, 1.807) is 24.3 Å². The van der Waals surface area contributed by atoms with Gasteiger partial charge >= 0.3 is 5.91 Å². The predicted molar refractivity (Wildman–Crippen MR) is 158 cm³/mol. The Morgan fingerprint density at radius 3 is 2.45 bits per heavy atom. The molecular weight excluding hydrogens is 524 g/mol. The normalized spacial score (nSPS) is 16.7. The van der Waals surface area contributed by atoms with Crippen molar-refractivity contribution >= 4 is 44.1 Å². The highest BCUT2D eigenvalue weighted by atomic mass is 32.1. The quantitative estimate of drug-likeness (QED) is 0.133. The molecule has 5 rings (SSSR count). The Kier molecular flexibility index (Phi) is 7.89. The molecule has 0 bridgehead atoms. The zero-order valence-electron chi connectivity index (χ0n) is 23.0. The Balaban J connectivity index is 1.66. The van der Waals surface area contributed by atoms with E-state index in [9.17, 15) is 14.7 Å². The Labute approximate surface area is 237 Å². The number of amides is 1. The van der Waals surface area contributed by atoms with E-state index in [1.807, 2.05) is 56.3 Å². The maximum absolute atomic E-state index is 13.6. The summed E-state index contributed by atoms with van der Waals surface area (Å²) >= 11 is 1.31. The molecule has 0 radical (unpaired) electrons. The van der Waals surface area contributed by atoms with Crippen LogP contribution in [0.4, 0.5) is 5.13 Å². The number of nitrogens with zero attached hydrogens (tertiary/aromatic N) is 2. The van der Waals surface area contributed by atoms with Crippen LogP contribution in [0.2, 0.25) is 0 Å². The van der Waals surface area contributed by atoms with Crippen molar-refractivity contribution < 1.29 is 24.2 Å². The number of Topliss-reactive ketones (excluding diaryl/α,β-unsaturated/α-hetero) is 1. The summed E-state index contributed by atoms with van der Waals surface area (Å²) in [5.74, 6) is -0.144. The second-order valence-corrected chi connectivity index (χ2v) is 10.9. The predicted octanol–water partition coefficient (Wildman–Crippen LogP) is 7.23. The van der Waals surface area contributed by atoms with Crippen LogP contribution < -0.4 is 14.4 Å². The number of carbonyl (C=O) groups is 2. The average molecular weight is 557 g/mol. The topological polar surface area (TPSA) is 89.0 Å². The van der Waals surface area contributed by atoms with Crippen LogP contribution in [0, 0.1) is 0 Å². The number of fused-ring (bicyclic) bond motifs is 1. The summed E-state index contributed by atoms with van der Waals surface area (Å²) in [5.41, 5.74) is 2.95. The van der Waals surface area contributed by atoms with Crippen molar-refractivity contribution in [2.75, 3.05) is 18.1 Å². The molecule has 1 N–H and O–H groups in total. The van der Waals surface area contributed by atoms with Gasteiger partial charge in [-0.2, -0.15) is 0 Å². The summed E-state index contributed by atoms with van der Waals surface area (Å²) < 4.78 is 12.2. The highest BCUT2D eigenvalue weighted by molar-refractivity contribution is 7.22. The summed E-state index contributed by atoms with van der Waals surface area (Å²) in [7, 11) is 0. The molecule has 0 spiro atoms. The van der Waals surface area contributed by atoms with Crippen molar-refractivity contribution in [1.29, 1.82) is 0 Å². The molecule has 8 heteroatoms. The summed E-state index contributed by atoms with van der Waals surface area (Å²) in [6.45, 7) is 9.19. The lowest BCUT2D eigenvalue weighted by atomic mass is 9.93. The van der Waals surface area contributed by atoms with E-state index in [4.69, 9.17) is 14.5 Å². The smallest absolute Gasteiger partial charge is 0.301 e. The molecule has 1 aliphatic rings. The van der Waals surface area contributed by atoms with E-state index in [0.29, 0.717) is 52.4 Å². The highest BCUT2D eigenvalue weighted by Gasteiger charge is 2.48. The summed E-state index contributed by atoms with van der Waals surface area (Å²) in [5, 5.41) is 11.9. The van der Waals surface area contributed by atoms with Crippen LogP contribution in [0.15, 0.2) is 72.3 Å². The van der Waals surface area contributed by atoms with Crippen molar-refractivity contribution in [1.82, 2.24) is 4.98 Å². The minimum Gasteiger partial charge on any atom is -0.507 e. The minimum atomic E-state index is -0.853. The second kappa shape index (κ2) is 11.5. The van der Waals surface area contributed by atoms with Gasteiger partial charge in [-0.05, 0) is 60.7 Å². The molecule has 1 fully saturated rings. The number of ether oxygens (including phenoxy) is 2. The number of ketones is 1. The first kappa shape index (κ1) is 27.4. The molecular formula is C32H32N2O5S. The van der Waals surface area contributed by atoms with Crippen LogP contribution in [0.1, 0.15) is 62.8 Å². The lowest BCUT2D eigenvalue weighted by Crippen LogP contribution is -2.29. The Morgan fingerprint density at radius 1 is 1.00 bits per heavy atom. The molecule has 1 unspecified atom stereocenters. The summed E-state index contributed by atoms with van der Waals surface area (Å²) in [6, 6.07) is 19.4. The summed E-state index contributed by atoms with van der Waals surface area (Å²) in [4.78, 5) is 33.3. The fourth-order valence-electron chi connectivity index (χ4n) is 4.77. The Hall–Kier alpha value is -4.17. The van der Waals surface area contributed by atoms with Gasteiger partial charge in [-0.3, -0.25) is 14.5 Å². The third-order valence-electron chi connectivity index (χ3n) is 6.81. The number of aliphatic hydroxyl groups is 1. The SMILES string of the molecule is CCCOc1cccc(/C(O)=C2\C(=O)C(=O)N(c3nc4ccc(OCC)cc4s3)C2c2ccc(C(C)C)cc2)c1. The molecule has 1 aliphatic heterocycles. The first-order chi connectivity index (χ1) is 19.3. The van der Waals surface area contributed by atoms with Gasteiger partial charge in [-0.25, -0.2) is 4.98 Å². The van der Waals surface area contributed by atoms with E-state index in [2.05, 4.69) is 13.8 Å². The van der Waals surface area contributed by atoms with Gasteiger partial charge in [0.25, 0.3) is 5.78 Å². The molecule has 1 saturated heterocycles. The van der Waals surface area contributed by atoms with Gasteiger partial charge in [0, 0.05) is 5.56 Å². The van der Waals surface area contributed by atoms with Crippen LogP contribution in [-0.2, 0) is 9.59 Å². The van der Waals surface area contributed by atoms with Gasteiger partial charge in [0.2, 0.25) is 0 Å². The molecule has 3 aromatic carbocycles. The first-order valence-corrected chi connectivity index (χ1v) is 14.3. The third kappa shape index (κ3) is 5.19. The maximum atomic E-state index is 13.6. The van der Waals surface area contributed by atoms with E-state index < -0.39 is 17.7 Å². The number of aromatic nitrogens is 1. The van der Waals surface area contributed by atoms with Gasteiger partial charge in [0.1, 0.15) is 17.3 Å². The number of hydrogen-bond donors (Lipinski definition) is 1. The molecule has 1 atom stereocenters. The Bertz CT molecular complexity index is 1590. The standard InChI is InChI=1S/C32H32N2O5S/c1-5-16-39-23-9-7-8-22(17-23)29(35)27-28(21-12-10-20(11-13-21)19(3)4)34(31(37)30(27)36)32-33-25-15-14-24(38-6-2)18-26(25)40-32/h7-15,17-19,28,35H,5-6,16H2,1-4H3/b29-27+. The Morgan fingerprint density at radius 2 is 1.75 bits per heavy atom. The highest BCUT2D eigenvalue weighted by Crippen LogP contribution is 2.45. The molecule has 7 nitrogen and oxygen atoms in total. The van der Waals surface area contributed by atoms with Crippen LogP contribution in [0.5, 0.6) is 11.5 Å². The first-order valence-electron chi connectivity index (χ1n) is 13.5. The van der Waals surface area contributed by atoms with E-state index in [1.165, 1.54) is 16.2 Å². The van der Waals surface area contributed by atoms with E-state index >= 15 is 0 Å². The number of rotatable bonds is 9. The second-order valence-electron chi connectivity index (χ2n) is 9.93. The van der Waals surface area contributed by atoms with Crippen LogP contribution in [-0.4, -0.2) is 35.0 Å². The van der Waals surface area contributed by atoms with Crippen molar-refractivity contribution in [3.63, 3.8) is 0 Å². The lowest BCUT2D eigenvalue weighted by molar-refractivity contribution is -0.132. The number of thiazole rings is 1. The monoisotopic (exact) mass is 556 g/mol. The zero-order valence-corrected chi connectivity index (χ0v) is 23.8. The average Bonchev–Trinajstić information content (AvgIpc) is 3.49. The van der Waals surface area contributed by atoms with Gasteiger partial charge in [0.15, 0.2) is 5.13 Å². The largest absolute Gasteiger partial charge is 0.507 e. The molecule has 4 aromatic rings. The molecule has 0 saturated carbocycles. The van der Waals surface area contributed by atoms with Gasteiger partial charge in [-0.1, -0.05) is 68.5 Å². The van der Waals surface area contributed by atoms with Crippen LogP contribution >= 0.6 is 11.3 Å². The molecule has 1 amide bonds. The molecule has 40 heavy (non-hydrogen) atoms. The third-order valence-corrected chi connectivity index (χ3v) is 7.83. The van der Waals surface area contributed by atoms with Crippen LogP contribution in [0.25, 0.3) is 16.0 Å². The minimum absolute atomic E-state index is 0.0178. The number of benzene rings is 3. The fraction of sp³-hybridized carbons (Fsp3) is 0.281. The number of anilines is 1. The van der Waals surface area contributed by atoms with Gasteiger partial charge < -0.3 is 14.6 Å².